The number of carbonyl (C=O) groups excluding carboxylic acids is 1. The lowest BCUT2D eigenvalue weighted by atomic mass is 10.1. The molecule has 0 unspecified atom stereocenters. The third kappa shape index (κ3) is 4.11. The molecule has 0 aromatic heterocycles. The van der Waals surface area contributed by atoms with E-state index in [1.807, 2.05) is 0 Å². The predicted molar refractivity (Wildman–Crippen MR) is 60.3 cm³/mol. The van der Waals surface area contributed by atoms with Gasteiger partial charge in [0.05, 0.1) is 5.56 Å². The molecule has 1 amide bonds. The predicted octanol–water partition coefficient (Wildman–Crippen LogP) is 2.94. The molecule has 0 saturated carbocycles. The van der Waals surface area contributed by atoms with E-state index in [9.17, 15) is 27.5 Å². The van der Waals surface area contributed by atoms with E-state index in [2.05, 4.69) is 0 Å². The van der Waals surface area contributed by atoms with Gasteiger partial charge in [-0.15, -0.1) is 0 Å². The summed E-state index contributed by atoms with van der Waals surface area (Å²) in [5, 5.41) is 9.42. The van der Waals surface area contributed by atoms with Crippen LogP contribution in [0.15, 0.2) is 18.2 Å². The van der Waals surface area contributed by atoms with Gasteiger partial charge in [0.15, 0.2) is 0 Å². The van der Waals surface area contributed by atoms with Gasteiger partial charge >= 0.3 is 6.18 Å². The number of hydrogen-bond acceptors (Lipinski definition) is 2. The smallest absolute Gasteiger partial charge is 0.406 e. The van der Waals surface area contributed by atoms with Crippen molar-refractivity contribution < 1.29 is 27.5 Å². The molecule has 1 rings (SSSR count). The summed E-state index contributed by atoms with van der Waals surface area (Å²) in [6, 6.07) is 1.83. The van der Waals surface area contributed by atoms with Crippen LogP contribution in [0.4, 0.5) is 17.6 Å². The quantitative estimate of drug-likeness (QED) is 0.864. The van der Waals surface area contributed by atoms with Gasteiger partial charge < -0.3 is 10.0 Å². The van der Waals surface area contributed by atoms with E-state index >= 15 is 0 Å². The van der Waals surface area contributed by atoms with Gasteiger partial charge in [-0.05, 0) is 26.0 Å². The Balaban J connectivity index is 3.06. The molecule has 0 fully saturated rings. The van der Waals surface area contributed by atoms with Gasteiger partial charge in [-0.25, -0.2) is 4.39 Å². The minimum Gasteiger partial charge on any atom is -0.507 e. The minimum absolute atomic E-state index is 0.362. The van der Waals surface area contributed by atoms with Gasteiger partial charge in [-0.1, -0.05) is 0 Å². The summed E-state index contributed by atoms with van der Waals surface area (Å²) in [5.74, 6) is -2.45. The van der Waals surface area contributed by atoms with Gasteiger partial charge in [-0.2, -0.15) is 13.2 Å². The van der Waals surface area contributed by atoms with Crippen molar-refractivity contribution in [3.63, 3.8) is 0 Å². The zero-order valence-electron chi connectivity index (χ0n) is 10.3. The van der Waals surface area contributed by atoms with Crippen LogP contribution in [0.5, 0.6) is 5.75 Å². The molecule has 0 aliphatic rings. The fourth-order valence-corrected chi connectivity index (χ4v) is 1.52. The third-order valence-electron chi connectivity index (χ3n) is 2.42. The molecule has 1 N–H and O–H groups in total. The second-order valence-electron chi connectivity index (χ2n) is 4.30. The van der Waals surface area contributed by atoms with Crippen molar-refractivity contribution in [3.8, 4) is 5.75 Å². The summed E-state index contributed by atoms with van der Waals surface area (Å²) < 4.78 is 49.9. The van der Waals surface area contributed by atoms with E-state index in [1.54, 1.807) is 0 Å². The molecule has 0 atom stereocenters. The fraction of sp³-hybridized carbons (Fsp3) is 0.417. The van der Waals surface area contributed by atoms with Crippen LogP contribution in [0.2, 0.25) is 0 Å². The van der Waals surface area contributed by atoms with Crippen molar-refractivity contribution in [2.45, 2.75) is 26.1 Å². The molecule has 0 spiro atoms. The number of phenolic OH excluding ortho intramolecular Hbond substituents is 1. The van der Waals surface area contributed by atoms with Crippen molar-refractivity contribution in [2.24, 2.45) is 0 Å². The second-order valence-corrected chi connectivity index (χ2v) is 4.30. The molecule has 7 heteroatoms. The SMILES string of the molecule is CC(C)N(CC(F)(F)F)C(=O)c1ccc(F)cc1O. The van der Waals surface area contributed by atoms with Gasteiger partial charge in [0.1, 0.15) is 18.1 Å². The molecule has 0 bridgehead atoms. The third-order valence-corrected chi connectivity index (χ3v) is 2.42. The molecule has 0 saturated heterocycles. The fourth-order valence-electron chi connectivity index (χ4n) is 1.52. The van der Waals surface area contributed by atoms with Crippen LogP contribution < -0.4 is 0 Å². The molecule has 106 valence electrons. The summed E-state index contributed by atoms with van der Waals surface area (Å²) >= 11 is 0. The number of rotatable bonds is 3. The number of phenols is 1. The van der Waals surface area contributed by atoms with E-state index in [4.69, 9.17) is 0 Å². The highest BCUT2D eigenvalue weighted by atomic mass is 19.4. The number of hydrogen-bond donors (Lipinski definition) is 1. The van der Waals surface area contributed by atoms with Crippen LogP contribution in [-0.4, -0.2) is 34.7 Å². The van der Waals surface area contributed by atoms with Gasteiger partial charge in [0.25, 0.3) is 5.91 Å². The minimum atomic E-state index is -4.55. The normalized spacial score (nSPS) is 11.7. The summed E-state index contributed by atoms with van der Waals surface area (Å²) in [7, 11) is 0. The Kier molecular flexibility index (Phi) is 4.39. The van der Waals surface area contributed by atoms with Crippen LogP contribution >= 0.6 is 0 Å². The van der Waals surface area contributed by atoms with Crippen LogP contribution in [0.3, 0.4) is 0 Å². The first-order valence-electron chi connectivity index (χ1n) is 5.48. The maximum absolute atomic E-state index is 12.8. The molecular formula is C12H13F4NO2. The van der Waals surface area contributed by atoms with Crippen molar-refractivity contribution in [2.75, 3.05) is 6.54 Å². The zero-order chi connectivity index (χ0) is 14.8. The number of aromatic hydroxyl groups is 1. The monoisotopic (exact) mass is 279 g/mol. The highest BCUT2D eigenvalue weighted by Crippen LogP contribution is 2.24. The van der Waals surface area contributed by atoms with Crippen molar-refractivity contribution >= 4 is 5.91 Å². The molecule has 0 aliphatic carbocycles. The van der Waals surface area contributed by atoms with E-state index in [1.165, 1.54) is 13.8 Å². The number of alkyl halides is 3. The highest BCUT2D eigenvalue weighted by molar-refractivity contribution is 5.97. The average molecular weight is 279 g/mol. The van der Waals surface area contributed by atoms with Crippen molar-refractivity contribution in [1.29, 1.82) is 0 Å². The van der Waals surface area contributed by atoms with Crippen LogP contribution in [0.1, 0.15) is 24.2 Å². The first kappa shape index (κ1) is 15.3. The summed E-state index contributed by atoms with van der Waals surface area (Å²) in [6.07, 6.45) is -4.55. The molecule has 19 heavy (non-hydrogen) atoms. The Morgan fingerprint density at radius 2 is 1.95 bits per heavy atom. The highest BCUT2D eigenvalue weighted by Gasteiger charge is 2.35. The molecule has 1 aromatic rings. The zero-order valence-corrected chi connectivity index (χ0v) is 10.3. The first-order chi connectivity index (χ1) is 8.61. The molecule has 0 aliphatic heterocycles. The van der Waals surface area contributed by atoms with E-state index in [0.29, 0.717) is 11.0 Å². The molecule has 0 radical (unpaired) electrons. The van der Waals surface area contributed by atoms with E-state index in [0.717, 1.165) is 12.1 Å². The van der Waals surface area contributed by atoms with Gasteiger partial charge in [0.2, 0.25) is 0 Å². The summed E-state index contributed by atoms with van der Waals surface area (Å²) in [5.41, 5.74) is -0.362. The Morgan fingerprint density at radius 1 is 1.37 bits per heavy atom. The van der Waals surface area contributed by atoms with Crippen molar-refractivity contribution in [3.05, 3.63) is 29.6 Å². The molecule has 1 aromatic carbocycles. The maximum atomic E-state index is 12.8. The number of amides is 1. The van der Waals surface area contributed by atoms with Gasteiger partial charge in [0, 0.05) is 12.1 Å². The second kappa shape index (κ2) is 5.46. The Labute approximate surface area is 107 Å². The topological polar surface area (TPSA) is 40.5 Å². The van der Waals surface area contributed by atoms with Crippen LogP contribution in [0, 0.1) is 5.82 Å². The number of benzene rings is 1. The van der Waals surface area contributed by atoms with E-state index < -0.39 is 36.2 Å². The number of halogens is 4. The molecule has 0 heterocycles. The number of carbonyl (C=O) groups is 1. The van der Waals surface area contributed by atoms with Crippen LogP contribution in [0.25, 0.3) is 0 Å². The average Bonchev–Trinajstić information content (AvgIpc) is 2.23. The lowest BCUT2D eigenvalue weighted by molar-refractivity contribution is -0.143. The number of nitrogens with zero attached hydrogens (tertiary/aromatic N) is 1. The van der Waals surface area contributed by atoms with Crippen LogP contribution in [-0.2, 0) is 0 Å². The Bertz CT molecular complexity index is 471. The summed E-state index contributed by atoms with van der Waals surface area (Å²) in [6.45, 7) is 1.41. The van der Waals surface area contributed by atoms with Gasteiger partial charge in [-0.3, -0.25) is 4.79 Å². The Hall–Kier alpha value is -1.79. The van der Waals surface area contributed by atoms with E-state index in [-0.39, 0.29) is 5.56 Å². The van der Waals surface area contributed by atoms with Crippen molar-refractivity contribution in [1.82, 2.24) is 4.90 Å². The lowest BCUT2D eigenvalue weighted by Gasteiger charge is -2.28. The summed E-state index contributed by atoms with van der Waals surface area (Å²) in [4.78, 5) is 12.5. The molecular weight excluding hydrogens is 266 g/mol. The Morgan fingerprint density at radius 3 is 2.37 bits per heavy atom. The first-order valence-corrected chi connectivity index (χ1v) is 5.48. The lowest BCUT2D eigenvalue weighted by Crippen LogP contribution is -2.43. The molecule has 3 nitrogen and oxygen atoms in total. The maximum Gasteiger partial charge on any atom is 0.406 e. The standard InChI is InChI=1S/C12H13F4NO2/c1-7(2)17(6-12(14,15)16)11(19)9-4-3-8(13)5-10(9)18/h3-5,7,18H,6H2,1-2H3. The largest absolute Gasteiger partial charge is 0.507 e.